The highest BCUT2D eigenvalue weighted by Gasteiger charge is 2.19. The third kappa shape index (κ3) is 3.68. The van der Waals surface area contributed by atoms with Crippen molar-refractivity contribution in [3.05, 3.63) is 23.8 Å². The van der Waals surface area contributed by atoms with Crippen molar-refractivity contribution in [3.8, 4) is 0 Å². The second kappa shape index (κ2) is 5.78. The maximum atomic E-state index is 10.7. The number of fused-ring (bicyclic) bond motifs is 1. The number of hydrogen-bond donors (Lipinski definition) is 0. The fraction of sp³-hybridized carbons (Fsp3) is 0.417. The summed E-state index contributed by atoms with van der Waals surface area (Å²) in [7, 11) is -4.13. The van der Waals surface area contributed by atoms with Gasteiger partial charge in [-0.15, -0.1) is 0 Å². The Morgan fingerprint density at radius 2 is 2.16 bits per heavy atom. The van der Waals surface area contributed by atoms with Crippen LogP contribution < -0.4 is 4.57 Å². The van der Waals surface area contributed by atoms with Gasteiger partial charge in [0.1, 0.15) is 4.70 Å². The van der Waals surface area contributed by atoms with E-state index < -0.39 is 10.1 Å². The monoisotopic (exact) mass is 317 g/mol. The van der Waals surface area contributed by atoms with Gasteiger partial charge in [-0.1, -0.05) is 17.4 Å². The average molecular weight is 317 g/mol. The van der Waals surface area contributed by atoms with Crippen molar-refractivity contribution in [2.75, 3.05) is 12.0 Å². The topological polar surface area (TPSA) is 61.1 Å². The average Bonchev–Trinajstić information content (AvgIpc) is 2.65. The van der Waals surface area contributed by atoms with Crippen molar-refractivity contribution in [2.45, 2.75) is 24.2 Å². The molecule has 2 rings (SSSR count). The number of benzene rings is 1. The molecule has 1 aromatic heterocycles. The molecule has 104 valence electrons. The van der Waals surface area contributed by atoms with Gasteiger partial charge in [0.25, 0.3) is 4.34 Å². The SMILES string of the molecule is CSc1sc2ccc(C)cc2[n+]1CCCS(=O)(=O)[O-]. The molecule has 0 unspecified atom stereocenters. The molecule has 0 spiro atoms. The zero-order valence-electron chi connectivity index (χ0n) is 10.8. The lowest BCUT2D eigenvalue weighted by Crippen LogP contribution is -2.35. The summed E-state index contributed by atoms with van der Waals surface area (Å²) in [5.41, 5.74) is 2.28. The Hall–Kier alpha value is -0.630. The minimum Gasteiger partial charge on any atom is -0.748 e. The van der Waals surface area contributed by atoms with Crippen LogP contribution in [0.4, 0.5) is 0 Å². The van der Waals surface area contributed by atoms with Gasteiger partial charge in [-0.2, -0.15) is 4.57 Å². The van der Waals surface area contributed by atoms with Crippen molar-refractivity contribution in [3.63, 3.8) is 0 Å². The van der Waals surface area contributed by atoms with Crippen LogP contribution in [0.2, 0.25) is 0 Å². The molecule has 7 heteroatoms. The summed E-state index contributed by atoms with van der Waals surface area (Å²) in [6.07, 6.45) is 2.35. The number of thioether (sulfide) groups is 1. The van der Waals surface area contributed by atoms with Crippen LogP contribution in [0.15, 0.2) is 22.5 Å². The first kappa shape index (κ1) is 14.8. The molecular weight excluding hydrogens is 302 g/mol. The lowest BCUT2D eigenvalue weighted by atomic mass is 10.2. The number of nitrogens with zero attached hydrogens (tertiary/aromatic N) is 1. The number of hydrogen-bond acceptors (Lipinski definition) is 5. The maximum absolute atomic E-state index is 10.7. The summed E-state index contributed by atoms with van der Waals surface area (Å²) in [5, 5.41) is 0. The van der Waals surface area contributed by atoms with Crippen molar-refractivity contribution >= 4 is 43.4 Å². The third-order valence-electron chi connectivity index (χ3n) is 2.77. The van der Waals surface area contributed by atoms with E-state index in [9.17, 15) is 13.0 Å². The summed E-state index contributed by atoms with van der Waals surface area (Å²) in [6.45, 7) is 2.59. The second-order valence-corrected chi connectivity index (χ2v) is 7.92. The Bertz CT molecular complexity index is 692. The van der Waals surface area contributed by atoms with Gasteiger partial charge in [0, 0.05) is 18.2 Å². The minimum absolute atomic E-state index is 0.309. The predicted octanol–water partition coefficient (Wildman–Crippen LogP) is 2.15. The van der Waals surface area contributed by atoms with Gasteiger partial charge in [0.2, 0.25) is 5.52 Å². The van der Waals surface area contributed by atoms with E-state index in [1.165, 1.54) is 10.3 Å². The van der Waals surface area contributed by atoms with Crippen molar-refractivity contribution in [2.24, 2.45) is 0 Å². The molecule has 1 aromatic carbocycles. The first-order chi connectivity index (χ1) is 8.90. The maximum Gasteiger partial charge on any atom is 0.298 e. The fourth-order valence-corrected chi connectivity index (χ4v) is 4.33. The van der Waals surface area contributed by atoms with E-state index in [-0.39, 0.29) is 5.75 Å². The van der Waals surface area contributed by atoms with E-state index in [2.05, 4.69) is 22.8 Å². The second-order valence-electron chi connectivity index (χ2n) is 4.31. The molecule has 0 saturated heterocycles. The van der Waals surface area contributed by atoms with Crippen LogP contribution in [-0.4, -0.2) is 25.0 Å². The molecule has 0 aliphatic heterocycles. The number of aryl methyl sites for hydroxylation is 2. The van der Waals surface area contributed by atoms with Gasteiger partial charge >= 0.3 is 0 Å². The Morgan fingerprint density at radius 1 is 1.42 bits per heavy atom. The molecule has 4 nitrogen and oxygen atoms in total. The van der Waals surface area contributed by atoms with Gasteiger partial charge in [-0.05, 0) is 36.6 Å². The highest BCUT2D eigenvalue weighted by molar-refractivity contribution is 8.00. The molecule has 0 atom stereocenters. The van der Waals surface area contributed by atoms with Crippen molar-refractivity contribution in [1.82, 2.24) is 0 Å². The van der Waals surface area contributed by atoms with Crippen LogP contribution in [0.5, 0.6) is 0 Å². The molecule has 0 aliphatic carbocycles. The van der Waals surface area contributed by atoms with E-state index in [0.717, 1.165) is 9.86 Å². The third-order valence-corrected chi connectivity index (χ3v) is 5.84. The number of thiazole rings is 1. The molecule has 2 aromatic rings. The summed E-state index contributed by atoms with van der Waals surface area (Å²) in [6, 6.07) is 6.24. The molecule has 0 saturated carbocycles. The van der Waals surface area contributed by atoms with E-state index in [1.54, 1.807) is 23.1 Å². The lowest BCUT2D eigenvalue weighted by Gasteiger charge is -2.04. The van der Waals surface area contributed by atoms with E-state index in [0.29, 0.717) is 13.0 Å². The first-order valence-corrected chi connectivity index (χ1v) is 9.43. The van der Waals surface area contributed by atoms with Crippen LogP contribution in [0.1, 0.15) is 12.0 Å². The highest BCUT2D eigenvalue weighted by Crippen LogP contribution is 2.27. The largest absolute Gasteiger partial charge is 0.748 e. The van der Waals surface area contributed by atoms with Crippen LogP contribution >= 0.6 is 23.1 Å². The summed E-state index contributed by atoms with van der Waals surface area (Å²) in [4.78, 5) is 0. The summed E-state index contributed by atoms with van der Waals surface area (Å²) in [5.74, 6) is -0.309. The zero-order valence-corrected chi connectivity index (χ0v) is 13.2. The molecule has 0 fully saturated rings. The van der Waals surface area contributed by atoms with Crippen molar-refractivity contribution < 1.29 is 17.5 Å². The Kier molecular flexibility index (Phi) is 4.50. The lowest BCUT2D eigenvalue weighted by molar-refractivity contribution is -0.701. The minimum atomic E-state index is -4.13. The van der Waals surface area contributed by atoms with Gasteiger partial charge in [-0.3, -0.25) is 0 Å². The van der Waals surface area contributed by atoms with Crippen LogP contribution in [-0.2, 0) is 16.7 Å². The first-order valence-electron chi connectivity index (χ1n) is 5.81. The number of aromatic nitrogens is 1. The van der Waals surface area contributed by atoms with E-state index in [4.69, 9.17) is 0 Å². The summed E-state index contributed by atoms with van der Waals surface area (Å²) < 4.78 is 36.4. The molecule has 0 bridgehead atoms. The number of rotatable bonds is 5. The van der Waals surface area contributed by atoms with E-state index >= 15 is 0 Å². The van der Waals surface area contributed by atoms with Crippen molar-refractivity contribution in [1.29, 1.82) is 0 Å². The van der Waals surface area contributed by atoms with Gasteiger partial charge in [0.05, 0.1) is 10.1 Å². The van der Waals surface area contributed by atoms with Crippen LogP contribution in [0, 0.1) is 6.92 Å². The standard InChI is InChI=1S/C12H15NO3S3/c1-9-4-5-11-10(8-9)13(12(17-2)18-11)6-3-7-19(14,15)16/h4-5,8H,3,6-7H2,1-2H3. The Morgan fingerprint density at radius 3 is 2.79 bits per heavy atom. The van der Waals surface area contributed by atoms with Gasteiger partial charge in [0.15, 0.2) is 6.54 Å². The van der Waals surface area contributed by atoms with Crippen LogP contribution in [0.3, 0.4) is 0 Å². The van der Waals surface area contributed by atoms with E-state index in [1.807, 2.05) is 13.2 Å². The molecule has 0 N–H and O–H groups in total. The smallest absolute Gasteiger partial charge is 0.298 e. The normalized spacial score (nSPS) is 12.2. The summed E-state index contributed by atoms with van der Waals surface area (Å²) >= 11 is 3.33. The zero-order chi connectivity index (χ0) is 14.0. The van der Waals surface area contributed by atoms with Gasteiger partial charge in [-0.25, -0.2) is 8.42 Å². The molecule has 0 amide bonds. The molecule has 0 aliphatic rings. The molecule has 1 heterocycles. The quantitative estimate of drug-likeness (QED) is 0.482. The Balaban J connectivity index is 2.32. The highest BCUT2D eigenvalue weighted by atomic mass is 32.2. The fourth-order valence-electron chi connectivity index (χ4n) is 1.94. The Labute approximate surface area is 121 Å². The molecular formula is C12H15NO3S3. The van der Waals surface area contributed by atoms with Crippen LogP contribution in [0.25, 0.3) is 10.2 Å². The predicted molar refractivity (Wildman–Crippen MR) is 77.7 cm³/mol. The molecule has 0 radical (unpaired) electrons. The molecule has 19 heavy (non-hydrogen) atoms. The van der Waals surface area contributed by atoms with Gasteiger partial charge < -0.3 is 4.55 Å².